The number of aliphatic hydroxyl groups is 2. The van der Waals surface area contributed by atoms with E-state index in [0.29, 0.717) is 0 Å². The number of aliphatic hydroxyl groups excluding tert-OH is 2. The largest absolute Gasteiger partial charge is 0.400 e. The highest BCUT2D eigenvalue weighted by Gasteiger charge is 1.34. The van der Waals surface area contributed by atoms with Crippen molar-refractivity contribution in [2.45, 2.75) is 6.92 Å². The Balaban J connectivity index is -0.0000000483. The smallest absolute Gasteiger partial charge is 0.231 e. The van der Waals surface area contributed by atoms with E-state index < -0.39 is 0 Å². The average Bonchev–Trinajstić information content (AvgIpc) is 1.75. The van der Waals surface area contributed by atoms with Crippen LogP contribution >= 0.6 is 0 Å². The molecule has 0 aromatic heterocycles. The predicted octanol–water partition coefficient (Wildman–Crippen LogP) is -0.492. The van der Waals surface area contributed by atoms with Crippen LogP contribution in [0.25, 0.3) is 0 Å². The second-order valence-electron chi connectivity index (χ2n) is 0.418. The molecule has 0 saturated carbocycles. The molecule has 0 radical (unpaired) electrons. The Morgan fingerprint density at radius 2 is 1.62 bits per heavy atom. The van der Waals surface area contributed by atoms with Crippen molar-refractivity contribution in [2.24, 2.45) is 0 Å². The van der Waals surface area contributed by atoms with E-state index in [4.69, 9.17) is 20.4 Å². The highest BCUT2D eigenvalue weighted by Crippen LogP contribution is 1.30. The Bertz CT molecular complexity index is 40.5. The van der Waals surface area contributed by atoms with Crippen LogP contribution in [-0.2, 0) is 4.79 Å². The van der Waals surface area contributed by atoms with Crippen molar-refractivity contribution in [3.8, 4) is 0 Å². The fraction of sp³-hybridized carbons (Fsp3) is 0.750. The molecule has 0 bridgehead atoms. The Hall–Kier alpha value is -0.700. The Labute approximate surface area is 48.3 Å². The number of hydrogen-bond donors (Lipinski definition) is 3. The van der Waals surface area contributed by atoms with Gasteiger partial charge in [0, 0.05) is 13.7 Å². The lowest BCUT2D eigenvalue weighted by Gasteiger charge is -1.52. The van der Waals surface area contributed by atoms with Crippen LogP contribution < -0.4 is 0 Å². The molecule has 0 saturated heterocycles. The third kappa shape index (κ3) is 200. The molecule has 0 aliphatic rings. The number of nitrogens with one attached hydrogen (secondary N) is 1. The first-order valence-corrected chi connectivity index (χ1v) is 1.92. The van der Waals surface area contributed by atoms with Gasteiger partial charge < -0.3 is 10.2 Å². The van der Waals surface area contributed by atoms with E-state index in [2.05, 4.69) is 0 Å². The molecule has 50 valence electrons. The van der Waals surface area contributed by atoms with Gasteiger partial charge in [0.1, 0.15) is 0 Å². The topological polar surface area (TPSA) is 81.4 Å². The summed E-state index contributed by atoms with van der Waals surface area (Å²) >= 11 is 0. The monoisotopic (exact) mass is 121 g/mol. The van der Waals surface area contributed by atoms with Gasteiger partial charge in [0.15, 0.2) is 0 Å². The van der Waals surface area contributed by atoms with Crippen molar-refractivity contribution in [2.75, 3.05) is 13.7 Å². The molecule has 0 unspecified atom stereocenters. The normalized spacial score (nSPS) is 4.00. The van der Waals surface area contributed by atoms with Gasteiger partial charge in [-0.15, -0.1) is 0 Å². The molecule has 0 atom stereocenters. The summed E-state index contributed by atoms with van der Waals surface area (Å²) in [5, 5.41) is 20.0. The van der Waals surface area contributed by atoms with Gasteiger partial charge in [-0.1, -0.05) is 0 Å². The summed E-state index contributed by atoms with van der Waals surface area (Å²) in [6.45, 7) is 1.93. The predicted molar refractivity (Wildman–Crippen MR) is 29.3 cm³/mol. The van der Waals surface area contributed by atoms with Crippen molar-refractivity contribution in [3.63, 3.8) is 0 Å². The van der Waals surface area contributed by atoms with E-state index in [9.17, 15) is 0 Å². The third-order valence-corrected chi connectivity index (χ3v) is 0. The van der Waals surface area contributed by atoms with Crippen LogP contribution in [0.1, 0.15) is 6.92 Å². The first-order chi connectivity index (χ1) is 3.83. The van der Waals surface area contributed by atoms with Gasteiger partial charge in [0.2, 0.25) is 6.08 Å². The Morgan fingerprint density at radius 3 is 1.62 bits per heavy atom. The molecule has 0 aromatic carbocycles. The van der Waals surface area contributed by atoms with Crippen molar-refractivity contribution >= 4 is 6.08 Å². The molecule has 4 heteroatoms. The molecule has 0 fully saturated rings. The zero-order valence-electron chi connectivity index (χ0n) is 5.01. The highest BCUT2D eigenvalue weighted by molar-refractivity contribution is 5.26. The molecule has 3 N–H and O–H groups in total. The molecule has 0 aromatic rings. The van der Waals surface area contributed by atoms with Crippen LogP contribution in [0.2, 0.25) is 0 Å². The maximum absolute atomic E-state index is 8.35. The molecular weight excluding hydrogens is 110 g/mol. The van der Waals surface area contributed by atoms with E-state index in [-0.39, 0.29) is 6.61 Å². The summed E-state index contributed by atoms with van der Waals surface area (Å²) in [7, 11) is 1.00. The summed E-state index contributed by atoms with van der Waals surface area (Å²) in [5.41, 5.74) is 0. The van der Waals surface area contributed by atoms with Crippen molar-refractivity contribution < 1.29 is 15.0 Å². The molecule has 0 aliphatic carbocycles. The SMILES string of the molecule is CCO.CO.N=C=O. The fourth-order valence-electron chi connectivity index (χ4n) is 0. The second-order valence-corrected chi connectivity index (χ2v) is 0.418. The number of hydrogen-bond acceptors (Lipinski definition) is 4. The standard InChI is InChI=1S/C2H6O.CHNO.CH4O/c1-2-3;2-1-3;1-2/h3H,2H2,1H3;2H;2H,1H3. The maximum atomic E-state index is 8.35. The molecule has 0 rings (SSSR count). The van der Waals surface area contributed by atoms with Gasteiger partial charge in [-0.2, -0.15) is 0 Å². The minimum atomic E-state index is 0.250. The van der Waals surface area contributed by atoms with Crippen LogP contribution in [0.3, 0.4) is 0 Å². The van der Waals surface area contributed by atoms with Gasteiger partial charge in [0.05, 0.1) is 0 Å². The quantitative estimate of drug-likeness (QED) is 0.298. The first-order valence-electron chi connectivity index (χ1n) is 1.92. The number of carbonyl (C=O) groups excluding carboxylic acids is 1. The first kappa shape index (κ1) is 15.7. The minimum absolute atomic E-state index is 0.250. The molecule has 0 amide bonds. The van der Waals surface area contributed by atoms with E-state index in [1.54, 1.807) is 6.92 Å². The Morgan fingerprint density at radius 1 is 1.62 bits per heavy atom. The molecular formula is C4H11NO3. The van der Waals surface area contributed by atoms with Gasteiger partial charge in [-0.3, -0.25) is 0 Å². The molecule has 0 spiro atoms. The summed E-state index contributed by atoms with van der Waals surface area (Å²) in [6, 6.07) is 0. The van der Waals surface area contributed by atoms with Crippen LogP contribution in [0.4, 0.5) is 0 Å². The zero-order chi connectivity index (χ0) is 7.41. The molecule has 8 heavy (non-hydrogen) atoms. The summed E-state index contributed by atoms with van der Waals surface area (Å²) in [5.74, 6) is 0. The third-order valence-electron chi connectivity index (χ3n) is 0. The van der Waals surface area contributed by atoms with Crippen LogP contribution in [0.5, 0.6) is 0 Å². The molecule has 0 aliphatic heterocycles. The van der Waals surface area contributed by atoms with Crippen LogP contribution in [0.15, 0.2) is 0 Å². The highest BCUT2D eigenvalue weighted by atomic mass is 16.2. The lowest BCUT2D eigenvalue weighted by atomic mass is 10.9. The molecule has 0 heterocycles. The van der Waals surface area contributed by atoms with E-state index in [0.717, 1.165) is 13.2 Å². The fourth-order valence-corrected chi connectivity index (χ4v) is 0. The Kier molecular flexibility index (Phi) is 205. The van der Waals surface area contributed by atoms with Gasteiger partial charge in [-0.05, 0) is 6.92 Å². The number of rotatable bonds is 0. The molecule has 4 nitrogen and oxygen atoms in total. The van der Waals surface area contributed by atoms with Crippen LogP contribution in [0, 0.1) is 5.41 Å². The van der Waals surface area contributed by atoms with Crippen molar-refractivity contribution in [3.05, 3.63) is 0 Å². The van der Waals surface area contributed by atoms with Crippen molar-refractivity contribution in [1.29, 1.82) is 5.41 Å². The minimum Gasteiger partial charge on any atom is -0.400 e. The van der Waals surface area contributed by atoms with Gasteiger partial charge >= 0.3 is 0 Å². The maximum Gasteiger partial charge on any atom is 0.231 e. The van der Waals surface area contributed by atoms with E-state index in [1.165, 1.54) is 0 Å². The van der Waals surface area contributed by atoms with Crippen LogP contribution in [-0.4, -0.2) is 30.0 Å². The summed E-state index contributed by atoms with van der Waals surface area (Å²) < 4.78 is 0. The zero-order valence-corrected chi connectivity index (χ0v) is 5.01. The van der Waals surface area contributed by atoms with E-state index in [1.807, 2.05) is 0 Å². The van der Waals surface area contributed by atoms with Crippen molar-refractivity contribution in [1.82, 2.24) is 0 Å². The second kappa shape index (κ2) is 105. The average molecular weight is 121 g/mol. The number of isocyanates is 1. The summed E-state index contributed by atoms with van der Waals surface area (Å²) in [6.07, 6.45) is 0.750. The summed E-state index contributed by atoms with van der Waals surface area (Å²) in [4.78, 5) is 8.35. The van der Waals surface area contributed by atoms with Gasteiger partial charge in [-0.25, -0.2) is 10.2 Å². The van der Waals surface area contributed by atoms with Gasteiger partial charge in [0.25, 0.3) is 0 Å². The lowest BCUT2D eigenvalue weighted by molar-refractivity contribution is 0.318. The van der Waals surface area contributed by atoms with E-state index >= 15 is 0 Å². The lowest BCUT2D eigenvalue weighted by Crippen LogP contribution is -1.57.